The number of likely N-dealkylation sites (tertiary alicyclic amines) is 1. The number of nitrogens with two attached hydrogens (primary N) is 1. The van der Waals surface area contributed by atoms with Crippen LogP contribution in [0.5, 0.6) is 0 Å². The fourth-order valence-corrected chi connectivity index (χ4v) is 1.86. The zero-order valence-corrected chi connectivity index (χ0v) is 8.54. The van der Waals surface area contributed by atoms with Gasteiger partial charge >= 0.3 is 0 Å². The molecule has 2 rings (SSSR count). The second-order valence-corrected chi connectivity index (χ2v) is 3.80. The number of hydrogen-bond acceptors (Lipinski definition) is 4. The van der Waals surface area contributed by atoms with Crippen molar-refractivity contribution in [3.63, 3.8) is 0 Å². The number of amidine groups is 1. The van der Waals surface area contributed by atoms with Crippen molar-refractivity contribution < 1.29 is 4.39 Å². The van der Waals surface area contributed by atoms with Gasteiger partial charge in [0.1, 0.15) is 12.0 Å². The molecule has 0 aromatic heterocycles. The van der Waals surface area contributed by atoms with Gasteiger partial charge in [-0.3, -0.25) is 0 Å². The van der Waals surface area contributed by atoms with E-state index in [9.17, 15) is 4.39 Å². The molecule has 0 bridgehead atoms. The molecule has 0 saturated carbocycles. The lowest BCUT2D eigenvalue weighted by molar-refractivity contribution is 0.173. The number of halogens is 1. The summed E-state index contributed by atoms with van der Waals surface area (Å²) in [5.41, 5.74) is 6.53. The predicted octanol–water partition coefficient (Wildman–Crippen LogP) is 0.693. The van der Waals surface area contributed by atoms with Gasteiger partial charge in [0.15, 0.2) is 5.84 Å². The maximum Gasteiger partial charge on any atom is 0.150 e. The SMILES string of the molecule is C=C1N=C(N)C(N2CCCC(F)C2)=CN1. The average molecular weight is 210 g/mol. The first-order valence-electron chi connectivity index (χ1n) is 5.06. The molecule has 2 aliphatic rings. The third-order valence-electron chi connectivity index (χ3n) is 2.60. The minimum atomic E-state index is -0.766. The zero-order valence-electron chi connectivity index (χ0n) is 8.54. The standard InChI is InChI=1S/C10H15FN4/c1-7-13-5-9(10(12)14-7)15-4-2-3-8(11)6-15/h5,8,13H,1-4,6H2,(H2,12,14). The van der Waals surface area contributed by atoms with Gasteiger partial charge in [0, 0.05) is 19.3 Å². The van der Waals surface area contributed by atoms with E-state index >= 15 is 0 Å². The fourth-order valence-electron chi connectivity index (χ4n) is 1.86. The third-order valence-corrected chi connectivity index (χ3v) is 2.60. The van der Waals surface area contributed by atoms with Crippen molar-refractivity contribution >= 4 is 5.84 Å². The van der Waals surface area contributed by atoms with Gasteiger partial charge in [-0.2, -0.15) is 0 Å². The summed E-state index contributed by atoms with van der Waals surface area (Å²) in [6.07, 6.45) is 2.47. The van der Waals surface area contributed by atoms with Crippen molar-refractivity contribution in [1.29, 1.82) is 0 Å². The van der Waals surface area contributed by atoms with Crippen LogP contribution >= 0.6 is 0 Å². The Balaban J connectivity index is 2.10. The molecule has 0 amide bonds. The number of aliphatic imine (C=N–C) groups is 1. The van der Waals surface area contributed by atoms with Crippen molar-refractivity contribution in [1.82, 2.24) is 10.2 Å². The van der Waals surface area contributed by atoms with Crippen LogP contribution in [-0.4, -0.2) is 30.0 Å². The summed E-state index contributed by atoms with van der Waals surface area (Å²) in [4.78, 5) is 5.94. The van der Waals surface area contributed by atoms with Gasteiger partial charge < -0.3 is 16.0 Å². The van der Waals surface area contributed by atoms with Crippen molar-refractivity contribution in [2.45, 2.75) is 19.0 Å². The van der Waals surface area contributed by atoms with Gasteiger partial charge in [-0.1, -0.05) is 6.58 Å². The van der Waals surface area contributed by atoms with Crippen molar-refractivity contribution in [2.24, 2.45) is 10.7 Å². The second kappa shape index (κ2) is 3.92. The Kier molecular flexibility index (Phi) is 2.62. The first-order chi connectivity index (χ1) is 7.16. The molecule has 1 atom stereocenters. The molecule has 3 N–H and O–H groups in total. The summed E-state index contributed by atoms with van der Waals surface area (Å²) in [5.74, 6) is 0.929. The predicted molar refractivity (Wildman–Crippen MR) is 57.7 cm³/mol. The molecule has 0 aromatic rings. The highest BCUT2D eigenvalue weighted by atomic mass is 19.1. The summed E-state index contributed by atoms with van der Waals surface area (Å²) in [5, 5.41) is 2.89. The lowest BCUT2D eigenvalue weighted by Gasteiger charge is -2.33. The molecule has 4 nitrogen and oxygen atoms in total. The van der Waals surface area contributed by atoms with E-state index in [0.29, 0.717) is 24.6 Å². The van der Waals surface area contributed by atoms with Crippen LogP contribution in [-0.2, 0) is 0 Å². The second-order valence-electron chi connectivity index (χ2n) is 3.80. The quantitative estimate of drug-likeness (QED) is 0.669. The first kappa shape index (κ1) is 10.0. The van der Waals surface area contributed by atoms with Crippen LogP contribution < -0.4 is 11.1 Å². The molecule has 0 spiro atoms. The van der Waals surface area contributed by atoms with E-state index in [4.69, 9.17) is 5.73 Å². The van der Waals surface area contributed by atoms with Gasteiger partial charge in [0.25, 0.3) is 0 Å². The highest BCUT2D eigenvalue weighted by molar-refractivity contribution is 5.97. The summed E-state index contributed by atoms with van der Waals surface area (Å²) >= 11 is 0. The van der Waals surface area contributed by atoms with Crippen LogP contribution in [0.4, 0.5) is 4.39 Å². The Bertz CT molecular complexity index is 334. The Hall–Kier alpha value is -1.52. The number of nitrogens with zero attached hydrogens (tertiary/aromatic N) is 2. The van der Waals surface area contributed by atoms with Crippen molar-refractivity contribution in [3.8, 4) is 0 Å². The maximum atomic E-state index is 13.2. The summed E-state index contributed by atoms with van der Waals surface area (Å²) in [6.45, 7) is 4.87. The molecule has 15 heavy (non-hydrogen) atoms. The zero-order chi connectivity index (χ0) is 10.8. The Morgan fingerprint density at radius 3 is 3.13 bits per heavy atom. The highest BCUT2D eigenvalue weighted by Crippen LogP contribution is 2.18. The van der Waals surface area contributed by atoms with Crippen molar-refractivity contribution in [3.05, 3.63) is 24.3 Å². The molecule has 2 aliphatic heterocycles. The van der Waals surface area contributed by atoms with E-state index in [0.717, 1.165) is 18.7 Å². The number of piperidine rings is 1. The molecule has 0 radical (unpaired) electrons. The number of nitrogens with one attached hydrogen (secondary N) is 1. The van der Waals surface area contributed by atoms with E-state index < -0.39 is 6.17 Å². The van der Waals surface area contributed by atoms with Crippen LogP contribution in [0.1, 0.15) is 12.8 Å². The summed E-state index contributed by atoms with van der Waals surface area (Å²) < 4.78 is 13.2. The largest absolute Gasteiger partial charge is 0.382 e. The lowest BCUT2D eigenvalue weighted by atomic mass is 10.1. The van der Waals surface area contributed by atoms with E-state index in [-0.39, 0.29) is 0 Å². The van der Waals surface area contributed by atoms with Gasteiger partial charge in [0.05, 0.1) is 5.70 Å². The molecule has 1 saturated heterocycles. The van der Waals surface area contributed by atoms with Crippen LogP contribution in [0.2, 0.25) is 0 Å². The van der Waals surface area contributed by atoms with Crippen LogP contribution in [0, 0.1) is 0 Å². The van der Waals surface area contributed by atoms with Crippen LogP contribution in [0.15, 0.2) is 29.3 Å². The monoisotopic (exact) mass is 210 g/mol. The van der Waals surface area contributed by atoms with E-state index in [2.05, 4.69) is 16.9 Å². The lowest BCUT2D eigenvalue weighted by Crippen LogP contribution is -2.41. The highest BCUT2D eigenvalue weighted by Gasteiger charge is 2.23. The summed E-state index contributed by atoms with van der Waals surface area (Å²) in [6, 6.07) is 0. The molecule has 0 aromatic carbocycles. The molecule has 2 heterocycles. The van der Waals surface area contributed by atoms with Crippen LogP contribution in [0.3, 0.4) is 0 Å². The van der Waals surface area contributed by atoms with Gasteiger partial charge in [-0.25, -0.2) is 9.38 Å². The Morgan fingerprint density at radius 2 is 2.47 bits per heavy atom. The van der Waals surface area contributed by atoms with Crippen molar-refractivity contribution in [2.75, 3.05) is 13.1 Å². The molecule has 82 valence electrons. The normalized spacial score (nSPS) is 26.9. The van der Waals surface area contributed by atoms with E-state index in [1.165, 1.54) is 0 Å². The smallest absolute Gasteiger partial charge is 0.150 e. The molecular formula is C10H15FN4. The van der Waals surface area contributed by atoms with Gasteiger partial charge in [-0.05, 0) is 12.8 Å². The molecule has 1 unspecified atom stereocenters. The topological polar surface area (TPSA) is 53.6 Å². The number of alkyl halides is 1. The van der Waals surface area contributed by atoms with Gasteiger partial charge in [-0.15, -0.1) is 0 Å². The minimum absolute atomic E-state index is 0.399. The van der Waals surface area contributed by atoms with E-state index in [1.807, 2.05) is 4.90 Å². The fraction of sp³-hybridized carbons (Fsp3) is 0.500. The number of rotatable bonds is 1. The Labute approximate surface area is 88.3 Å². The molecule has 5 heteroatoms. The first-order valence-corrected chi connectivity index (χ1v) is 5.06. The molecular weight excluding hydrogens is 195 g/mol. The Morgan fingerprint density at radius 1 is 1.67 bits per heavy atom. The van der Waals surface area contributed by atoms with E-state index in [1.54, 1.807) is 6.20 Å². The van der Waals surface area contributed by atoms with Gasteiger partial charge in [0.2, 0.25) is 0 Å². The average Bonchev–Trinajstić information content (AvgIpc) is 2.17. The number of hydrogen-bond donors (Lipinski definition) is 2. The third kappa shape index (κ3) is 2.11. The maximum absolute atomic E-state index is 13.2. The molecule has 1 fully saturated rings. The van der Waals surface area contributed by atoms with Crippen LogP contribution in [0.25, 0.3) is 0 Å². The summed E-state index contributed by atoms with van der Waals surface area (Å²) in [7, 11) is 0. The minimum Gasteiger partial charge on any atom is -0.382 e. The molecule has 0 aliphatic carbocycles.